The smallest absolute Gasteiger partial charge is 0.261 e. The summed E-state index contributed by atoms with van der Waals surface area (Å²) < 4.78 is 18.9. The van der Waals surface area contributed by atoms with Gasteiger partial charge in [-0.25, -0.2) is 4.98 Å². The van der Waals surface area contributed by atoms with Crippen LogP contribution < -0.4 is 15.0 Å². The largest absolute Gasteiger partial charge is 0.493 e. The summed E-state index contributed by atoms with van der Waals surface area (Å²) in [5.41, 5.74) is 1.59. The van der Waals surface area contributed by atoms with Crippen molar-refractivity contribution in [1.29, 1.82) is 0 Å². The van der Waals surface area contributed by atoms with Gasteiger partial charge in [-0.15, -0.1) is 5.10 Å². The number of fused-ring (bicyclic) bond motifs is 3. The Bertz CT molecular complexity index is 1230. The lowest BCUT2D eigenvalue weighted by Gasteiger charge is -2.11. The molecule has 0 aliphatic heterocycles. The molecule has 0 radical (unpaired) electrons. The second kappa shape index (κ2) is 7.88. The molecule has 4 aromatic rings. The third kappa shape index (κ3) is 3.52. The third-order valence-corrected chi connectivity index (χ3v) is 4.71. The second-order valence-electron chi connectivity index (χ2n) is 6.48. The highest BCUT2D eigenvalue weighted by molar-refractivity contribution is 5.78. The molecule has 29 heavy (non-hydrogen) atoms. The van der Waals surface area contributed by atoms with Crippen molar-refractivity contribution in [3.05, 3.63) is 58.4 Å². The van der Waals surface area contributed by atoms with Gasteiger partial charge < -0.3 is 18.8 Å². The van der Waals surface area contributed by atoms with Crippen LogP contribution in [0.4, 0.5) is 0 Å². The van der Waals surface area contributed by atoms with Gasteiger partial charge in [0.2, 0.25) is 0 Å². The van der Waals surface area contributed by atoms with Crippen LogP contribution in [0.15, 0.2) is 41.5 Å². The number of rotatable bonds is 7. The molecule has 0 bridgehead atoms. The second-order valence-corrected chi connectivity index (χ2v) is 6.48. The van der Waals surface area contributed by atoms with Crippen molar-refractivity contribution in [2.45, 2.75) is 19.6 Å². The maximum atomic E-state index is 12.9. The van der Waals surface area contributed by atoms with Gasteiger partial charge in [-0.3, -0.25) is 4.79 Å². The summed E-state index contributed by atoms with van der Waals surface area (Å²) in [5, 5.41) is 4.86. The Hall–Kier alpha value is -3.46. The minimum atomic E-state index is -0.124. The molecule has 0 atom stereocenters. The van der Waals surface area contributed by atoms with E-state index in [1.807, 2.05) is 24.3 Å². The maximum absolute atomic E-state index is 12.9. The number of pyridine rings is 1. The number of aromatic nitrogens is 5. The molecule has 1 aromatic carbocycles. The number of aryl methyl sites for hydroxylation is 2. The quantitative estimate of drug-likeness (QED) is 0.471. The van der Waals surface area contributed by atoms with E-state index in [1.54, 1.807) is 42.8 Å². The first kappa shape index (κ1) is 18.9. The summed E-state index contributed by atoms with van der Waals surface area (Å²) >= 11 is 0. The molecular formula is C20H21N5O4. The van der Waals surface area contributed by atoms with Crippen molar-refractivity contribution >= 4 is 16.7 Å². The lowest BCUT2D eigenvalue weighted by atomic mass is 10.1. The van der Waals surface area contributed by atoms with E-state index in [0.717, 1.165) is 5.56 Å². The van der Waals surface area contributed by atoms with Crippen LogP contribution in [0, 0.1) is 0 Å². The van der Waals surface area contributed by atoms with Gasteiger partial charge in [-0.2, -0.15) is 9.50 Å². The van der Waals surface area contributed by atoms with Crippen LogP contribution in [0.3, 0.4) is 0 Å². The zero-order valence-corrected chi connectivity index (χ0v) is 16.5. The molecule has 0 aliphatic rings. The molecule has 0 spiro atoms. The average Bonchev–Trinajstić information content (AvgIpc) is 3.16. The normalized spacial score (nSPS) is 11.3. The molecule has 0 aliphatic carbocycles. The van der Waals surface area contributed by atoms with Crippen LogP contribution in [0.5, 0.6) is 11.5 Å². The first-order chi connectivity index (χ1) is 14.1. The molecule has 0 unspecified atom stereocenters. The SMILES string of the molecule is COCc1nc2ncc3c(=O)n(CCc4ccc(OC)c(OC)c4)ccc3n2n1. The highest BCUT2D eigenvalue weighted by Crippen LogP contribution is 2.27. The van der Waals surface area contributed by atoms with Gasteiger partial charge in [0, 0.05) is 26.0 Å². The molecule has 0 saturated heterocycles. The molecule has 3 aromatic heterocycles. The standard InChI is InChI=1S/C20H21N5O4/c1-27-12-18-22-20-21-11-14-15(25(20)23-18)7-9-24(19(14)26)8-6-13-4-5-16(28-2)17(10-13)29-3/h4-5,7,9-11H,6,8,12H2,1-3H3. The fourth-order valence-electron chi connectivity index (χ4n) is 3.25. The van der Waals surface area contributed by atoms with E-state index in [0.29, 0.717) is 47.0 Å². The van der Waals surface area contributed by atoms with E-state index in [2.05, 4.69) is 15.1 Å². The summed E-state index contributed by atoms with van der Waals surface area (Å²) in [5.74, 6) is 2.30. The molecule has 4 rings (SSSR count). The van der Waals surface area contributed by atoms with Crippen molar-refractivity contribution in [1.82, 2.24) is 24.1 Å². The molecule has 9 heteroatoms. The lowest BCUT2D eigenvalue weighted by molar-refractivity contribution is 0.178. The number of ether oxygens (including phenoxy) is 3. The zero-order valence-electron chi connectivity index (χ0n) is 16.5. The van der Waals surface area contributed by atoms with Crippen molar-refractivity contribution in [3.8, 4) is 11.5 Å². The summed E-state index contributed by atoms with van der Waals surface area (Å²) in [6, 6.07) is 7.60. The van der Waals surface area contributed by atoms with Crippen LogP contribution >= 0.6 is 0 Å². The summed E-state index contributed by atoms with van der Waals surface area (Å²) in [6.45, 7) is 0.807. The first-order valence-electron chi connectivity index (χ1n) is 9.08. The molecule has 3 heterocycles. The predicted molar refractivity (Wildman–Crippen MR) is 107 cm³/mol. The van der Waals surface area contributed by atoms with Crippen LogP contribution in [0.1, 0.15) is 11.4 Å². The van der Waals surface area contributed by atoms with Gasteiger partial charge in [0.25, 0.3) is 11.3 Å². The fraction of sp³-hybridized carbons (Fsp3) is 0.300. The molecule has 0 N–H and O–H groups in total. The maximum Gasteiger partial charge on any atom is 0.261 e. The fourth-order valence-corrected chi connectivity index (χ4v) is 3.25. The Kier molecular flexibility index (Phi) is 5.13. The van der Waals surface area contributed by atoms with Crippen molar-refractivity contribution in [3.63, 3.8) is 0 Å². The van der Waals surface area contributed by atoms with Crippen molar-refractivity contribution in [2.24, 2.45) is 0 Å². The Morgan fingerprint density at radius 3 is 2.66 bits per heavy atom. The zero-order chi connectivity index (χ0) is 20.4. The van der Waals surface area contributed by atoms with Gasteiger partial charge in [0.15, 0.2) is 17.3 Å². The summed E-state index contributed by atoms with van der Waals surface area (Å²) in [7, 11) is 4.78. The highest BCUT2D eigenvalue weighted by atomic mass is 16.5. The number of methoxy groups -OCH3 is 3. The summed E-state index contributed by atoms with van der Waals surface area (Å²) in [4.78, 5) is 21.5. The van der Waals surface area contributed by atoms with E-state index < -0.39 is 0 Å². The van der Waals surface area contributed by atoms with Gasteiger partial charge in [-0.05, 0) is 30.2 Å². The van der Waals surface area contributed by atoms with Gasteiger partial charge in [0.1, 0.15) is 6.61 Å². The number of nitrogens with zero attached hydrogens (tertiary/aromatic N) is 5. The van der Waals surface area contributed by atoms with Crippen molar-refractivity contribution < 1.29 is 14.2 Å². The van der Waals surface area contributed by atoms with Crippen LogP contribution in [-0.4, -0.2) is 45.5 Å². The van der Waals surface area contributed by atoms with Crippen LogP contribution in [0.25, 0.3) is 16.7 Å². The van der Waals surface area contributed by atoms with E-state index in [9.17, 15) is 4.79 Å². The Labute approximate surface area is 166 Å². The van der Waals surface area contributed by atoms with Crippen LogP contribution in [0.2, 0.25) is 0 Å². The minimum Gasteiger partial charge on any atom is -0.493 e. The van der Waals surface area contributed by atoms with E-state index >= 15 is 0 Å². The molecule has 0 amide bonds. The number of hydrogen-bond acceptors (Lipinski definition) is 7. The molecular weight excluding hydrogens is 374 g/mol. The Morgan fingerprint density at radius 1 is 1.07 bits per heavy atom. The third-order valence-electron chi connectivity index (χ3n) is 4.71. The summed E-state index contributed by atoms with van der Waals surface area (Å²) in [6.07, 6.45) is 3.98. The Morgan fingerprint density at radius 2 is 1.90 bits per heavy atom. The molecule has 0 fully saturated rings. The predicted octanol–water partition coefficient (Wildman–Crippen LogP) is 1.85. The Balaban J connectivity index is 1.64. The minimum absolute atomic E-state index is 0.124. The molecule has 0 saturated carbocycles. The topological polar surface area (TPSA) is 92.8 Å². The lowest BCUT2D eigenvalue weighted by Crippen LogP contribution is -2.21. The van der Waals surface area contributed by atoms with E-state index in [4.69, 9.17) is 14.2 Å². The molecule has 9 nitrogen and oxygen atoms in total. The van der Waals surface area contributed by atoms with E-state index in [-0.39, 0.29) is 12.2 Å². The monoisotopic (exact) mass is 395 g/mol. The van der Waals surface area contributed by atoms with Crippen LogP contribution in [-0.2, 0) is 24.3 Å². The van der Waals surface area contributed by atoms with Gasteiger partial charge in [-0.1, -0.05) is 6.07 Å². The average molecular weight is 395 g/mol. The molecule has 150 valence electrons. The number of hydrogen-bond donors (Lipinski definition) is 0. The van der Waals surface area contributed by atoms with Gasteiger partial charge in [0.05, 0.1) is 25.1 Å². The number of benzene rings is 1. The highest BCUT2D eigenvalue weighted by Gasteiger charge is 2.12. The van der Waals surface area contributed by atoms with Gasteiger partial charge >= 0.3 is 0 Å². The van der Waals surface area contributed by atoms with Crippen molar-refractivity contribution in [2.75, 3.05) is 21.3 Å². The first-order valence-corrected chi connectivity index (χ1v) is 9.08. The van der Waals surface area contributed by atoms with E-state index in [1.165, 1.54) is 0 Å².